The average Bonchev–Trinajstić information content (AvgIpc) is 2.41. The molecule has 0 saturated heterocycles. The number of hydrogen-bond acceptors (Lipinski definition) is 4. The van der Waals surface area contributed by atoms with Gasteiger partial charge in [0, 0.05) is 25.0 Å². The monoisotopic (exact) mass is 359 g/mol. The van der Waals surface area contributed by atoms with Crippen LogP contribution in [0.25, 0.3) is 0 Å². The van der Waals surface area contributed by atoms with Crippen LogP contribution in [-0.4, -0.2) is 41.3 Å². The van der Waals surface area contributed by atoms with Crippen LogP contribution < -0.4 is 16.0 Å². The van der Waals surface area contributed by atoms with Crippen molar-refractivity contribution in [2.45, 2.75) is 31.3 Å². The molecule has 0 aliphatic rings. The van der Waals surface area contributed by atoms with E-state index in [1.165, 1.54) is 18.4 Å². The Hall–Kier alpha value is -2.16. The summed E-state index contributed by atoms with van der Waals surface area (Å²) in [5, 5.41) is 7.44. The second kappa shape index (κ2) is 8.62. The van der Waals surface area contributed by atoms with Gasteiger partial charge in [0.25, 0.3) is 0 Å². The lowest BCUT2D eigenvalue weighted by molar-refractivity contribution is 0.0528. The first-order valence-electron chi connectivity index (χ1n) is 7.23. The molecule has 0 radical (unpaired) electrons. The second-order valence-electron chi connectivity index (χ2n) is 5.91. The third-order valence-corrected chi connectivity index (χ3v) is 3.53. The number of anilines is 1. The van der Waals surface area contributed by atoms with Crippen LogP contribution in [0.5, 0.6) is 0 Å². The van der Waals surface area contributed by atoms with Gasteiger partial charge < -0.3 is 20.7 Å². The van der Waals surface area contributed by atoms with E-state index in [9.17, 15) is 18.2 Å². The normalized spacial score (nSPS) is 12.2. The van der Waals surface area contributed by atoms with E-state index in [1.807, 2.05) is 0 Å². The van der Waals surface area contributed by atoms with Gasteiger partial charge in [-0.2, -0.15) is 0 Å². The number of carbonyl (C=O) groups excluding carboxylic acids is 2. The molecule has 7 nitrogen and oxygen atoms in total. The van der Waals surface area contributed by atoms with Gasteiger partial charge in [0.1, 0.15) is 11.4 Å². The summed E-state index contributed by atoms with van der Waals surface area (Å²) in [5.74, 6) is -0.653. The van der Waals surface area contributed by atoms with E-state index in [1.54, 1.807) is 20.8 Å². The van der Waals surface area contributed by atoms with Crippen LogP contribution in [0.3, 0.4) is 0 Å². The molecule has 1 rings (SSSR count). The maximum atomic E-state index is 13.7. The van der Waals surface area contributed by atoms with Gasteiger partial charge in [-0.25, -0.2) is 14.0 Å². The SMILES string of the molecule is CS(=O)c1ccc(NC(=O)NCCNC(=O)OC(C)(C)C)cc1F. The lowest BCUT2D eigenvalue weighted by Crippen LogP contribution is -2.39. The van der Waals surface area contributed by atoms with Crippen LogP contribution in [-0.2, 0) is 15.5 Å². The number of nitrogens with one attached hydrogen (secondary N) is 3. The first kappa shape index (κ1) is 19.9. The van der Waals surface area contributed by atoms with Crippen molar-refractivity contribution in [3.05, 3.63) is 24.0 Å². The molecule has 0 aliphatic carbocycles. The van der Waals surface area contributed by atoms with Gasteiger partial charge in [-0.15, -0.1) is 0 Å². The Kier molecular flexibility index (Phi) is 7.15. The lowest BCUT2D eigenvalue weighted by atomic mass is 10.2. The third-order valence-electron chi connectivity index (χ3n) is 2.58. The van der Waals surface area contributed by atoms with Crippen molar-refractivity contribution in [2.75, 3.05) is 24.7 Å². The molecular formula is C15H22FN3O4S. The van der Waals surface area contributed by atoms with Crippen molar-refractivity contribution in [3.63, 3.8) is 0 Å². The summed E-state index contributed by atoms with van der Waals surface area (Å²) in [6.07, 6.45) is 0.797. The number of rotatable bonds is 5. The Balaban J connectivity index is 2.36. The van der Waals surface area contributed by atoms with Crippen molar-refractivity contribution in [1.82, 2.24) is 10.6 Å². The van der Waals surface area contributed by atoms with Gasteiger partial charge >= 0.3 is 12.1 Å². The van der Waals surface area contributed by atoms with Crippen molar-refractivity contribution in [1.29, 1.82) is 0 Å². The molecule has 1 aromatic carbocycles. The average molecular weight is 359 g/mol. The zero-order valence-electron chi connectivity index (χ0n) is 14.1. The van der Waals surface area contributed by atoms with Crippen molar-refractivity contribution in [2.24, 2.45) is 0 Å². The maximum Gasteiger partial charge on any atom is 0.407 e. The summed E-state index contributed by atoms with van der Waals surface area (Å²) < 4.78 is 29.9. The predicted octanol–water partition coefficient (Wildman–Crippen LogP) is 2.21. The van der Waals surface area contributed by atoms with Gasteiger partial charge in [-0.05, 0) is 39.0 Å². The molecule has 0 bridgehead atoms. The molecule has 0 aromatic heterocycles. The van der Waals surface area contributed by atoms with Gasteiger partial charge in [0.15, 0.2) is 0 Å². The molecule has 0 fully saturated rings. The van der Waals surface area contributed by atoms with E-state index in [-0.39, 0.29) is 23.7 Å². The number of alkyl carbamates (subject to hydrolysis) is 1. The zero-order valence-corrected chi connectivity index (χ0v) is 14.9. The van der Waals surface area contributed by atoms with E-state index >= 15 is 0 Å². The third kappa shape index (κ3) is 7.40. The highest BCUT2D eigenvalue weighted by molar-refractivity contribution is 7.84. The minimum atomic E-state index is -1.44. The van der Waals surface area contributed by atoms with E-state index < -0.39 is 34.3 Å². The summed E-state index contributed by atoms with van der Waals surface area (Å²) in [4.78, 5) is 23.1. The molecule has 0 heterocycles. The number of carbonyl (C=O) groups is 2. The second-order valence-corrected chi connectivity index (χ2v) is 7.26. The summed E-state index contributed by atoms with van der Waals surface area (Å²) in [7, 11) is -1.44. The summed E-state index contributed by atoms with van der Waals surface area (Å²) in [6.45, 7) is 5.60. The Morgan fingerprint density at radius 1 is 1.21 bits per heavy atom. The summed E-state index contributed by atoms with van der Waals surface area (Å²) in [6, 6.07) is 3.35. The number of urea groups is 1. The highest BCUT2D eigenvalue weighted by atomic mass is 32.2. The van der Waals surface area contributed by atoms with Crippen molar-refractivity contribution < 1.29 is 22.9 Å². The molecule has 24 heavy (non-hydrogen) atoms. The number of hydrogen-bond donors (Lipinski definition) is 3. The van der Waals surface area contributed by atoms with E-state index in [0.29, 0.717) is 0 Å². The molecule has 1 atom stereocenters. The minimum absolute atomic E-state index is 0.0718. The number of halogens is 1. The molecular weight excluding hydrogens is 337 g/mol. The standard InChI is InChI=1S/C15H22FN3O4S/c1-15(2,3)23-14(21)18-8-7-17-13(20)19-10-5-6-12(24(4)22)11(16)9-10/h5-6,9H,7-8H2,1-4H3,(H,18,21)(H2,17,19,20). The van der Waals surface area contributed by atoms with Crippen LogP contribution in [0.15, 0.2) is 23.1 Å². The zero-order chi connectivity index (χ0) is 18.3. The fourth-order valence-corrected chi connectivity index (χ4v) is 2.23. The molecule has 3 N–H and O–H groups in total. The Morgan fingerprint density at radius 2 is 1.83 bits per heavy atom. The van der Waals surface area contributed by atoms with E-state index in [0.717, 1.165) is 6.07 Å². The topological polar surface area (TPSA) is 96.5 Å². The van der Waals surface area contributed by atoms with Gasteiger partial charge in [0.05, 0.1) is 15.7 Å². The lowest BCUT2D eigenvalue weighted by Gasteiger charge is -2.19. The first-order chi connectivity index (χ1) is 11.1. The van der Waals surface area contributed by atoms with Crippen LogP contribution in [0, 0.1) is 5.82 Å². The molecule has 1 aromatic rings. The predicted molar refractivity (Wildman–Crippen MR) is 90.0 cm³/mol. The van der Waals surface area contributed by atoms with Crippen LogP contribution in [0.4, 0.5) is 19.7 Å². The largest absolute Gasteiger partial charge is 0.444 e. The Bertz CT molecular complexity index is 632. The Labute approximate surface area is 142 Å². The van der Waals surface area contributed by atoms with Crippen molar-refractivity contribution >= 4 is 28.6 Å². The molecule has 0 saturated carbocycles. The highest BCUT2D eigenvalue weighted by Gasteiger charge is 2.15. The molecule has 3 amide bonds. The number of amides is 3. The van der Waals surface area contributed by atoms with Crippen LogP contribution in [0.2, 0.25) is 0 Å². The first-order valence-corrected chi connectivity index (χ1v) is 8.79. The molecule has 0 aliphatic heterocycles. The molecule has 0 spiro atoms. The van der Waals surface area contributed by atoms with Crippen LogP contribution >= 0.6 is 0 Å². The number of ether oxygens (including phenoxy) is 1. The van der Waals surface area contributed by atoms with E-state index in [4.69, 9.17) is 4.74 Å². The van der Waals surface area contributed by atoms with E-state index in [2.05, 4.69) is 16.0 Å². The maximum absolute atomic E-state index is 13.7. The van der Waals surface area contributed by atoms with Gasteiger partial charge in [-0.3, -0.25) is 4.21 Å². The number of benzene rings is 1. The smallest absolute Gasteiger partial charge is 0.407 e. The fourth-order valence-electron chi connectivity index (χ4n) is 1.64. The Morgan fingerprint density at radius 3 is 2.38 bits per heavy atom. The summed E-state index contributed by atoms with van der Waals surface area (Å²) in [5.41, 5.74) is -0.355. The summed E-state index contributed by atoms with van der Waals surface area (Å²) >= 11 is 0. The van der Waals surface area contributed by atoms with Gasteiger partial charge in [-0.1, -0.05) is 0 Å². The molecule has 134 valence electrons. The van der Waals surface area contributed by atoms with Crippen LogP contribution in [0.1, 0.15) is 20.8 Å². The molecule has 9 heteroatoms. The van der Waals surface area contributed by atoms with Crippen molar-refractivity contribution in [3.8, 4) is 0 Å². The fraction of sp³-hybridized carbons (Fsp3) is 0.467. The highest BCUT2D eigenvalue weighted by Crippen LogP contribution is 2.16. The quantitative estimate of drug-likeness (QED) is 0.702. The molecule has 1 unspecified atom stereocenters. The van der Waals surface area contributed by atoms with Gasteiger partial charge in [0.2, 0.25) is 0 Å². The minimum Gasteiger partial charge on any atom is -0.444 e.